The lowest BCUT2D eigenvalue weighted by molar-refractivity contribution is -0.00237. The summed E-state index contributed by atoms with van der Waals surface area (Å²) in [5.74, 6) is -0.212. The first-order chi connectivity index (χ1) is 10.1. The molecule has 1 amide bonds. The highest BCUT2D eigenvalue weighted by Gasteiger charge is 2.35. The van der Waals surface area contributed by atoms with E-state index in [0.29, 0.717) is 29.5 Å². The van der Waals surface area contributed by atoms with E-state index < -0.39 is 6.10 Å². The highest BCUT2D eigenvalue weighted by Crippen LogP contribution is 2.18. The van der Waals surface area contributed by atoms with E-state index >= 15 is 0 Å². The molecule has 2 aromatic heterocycles. The number of nitrogens with zero attached hydrogens (tertiary/aromatic N) is 3. The van der Waals surface area contributed by atoms with Crippen LogP contribution in [0.15, 0.2) is 24.5 Å². The second-order valence-corrected chi connectivity index (χ2v) is 5.45. The molecule has 0 saturated carbocycles. The Bertz CT molecular complexity index is 673. The summed E-state index contributed by atoms with van der Waals surface area (Å²) in [5.41, 5.74) is 0.991. The maximum Gasteiger partial charge on any atom is 0.274 e. The Kier molecular flexibility index (Phi) is 3.84. The molecule has 0 aliphatic carbocycles. The SMILES string of the molecule is CCO[C@@H]1CN(C(=O)c2cn3cc(Cl)ccc3n2)C[C@H]1O. The fourth-order valence-electron chi connectivity index (χ4n) is 2.53. The minimum Gasteiger partial charge on any atom is -0.388 e. The first-order valence-electron chi connectivity index (χ1n) is 6.81. The van der Waals surface area contributed by atoms with Crippen LogP contribution in [-0.4, -0.2) is 57.2 Å². The first kappa shape index (κ1) is 14.3. The molecule has 0 unspecified atom stereocenters. The van der Waals surface area contributed by atoms with E-state index in [-0.39, 0.29) is 18.6 Å². The Morgan fingerprint density at radius 2 is 2.29 bits per heavy atom. The molecule has 2 atom stereocenters. The van der Waals surface area contributed by atoms with Crippen molar-refractivity contribution in [1.82, 2.24) is 14.3 Å². The topological polar surface area (TPSA) is 67.1 Å². The lowest BCUT2D eigenvalue weighted by Crippen LogP contribution is -2.30. The predicted octanol–water partition coefficient (Wildman–Crippen LogP) is 1.21. The summed E-state index contributed by atoms with van der Waals surface area (Å²) in [6, 6.07) is 3.48. The molecule has 3 rings (SSSR count). The van der Waals surface area contributed by atoms with Gasteiger partial charge in [0.1, 0.15) is 17.4 Å². The number of aliphatic hydroxyl groups is 1. The molecule has 0 radical (unpaired) electrons. The second kappa shape index (κ2) is 5.63. The van der Waals surface area contributed by atoms with Crippen molar-refractivity contribution in [3.63, 3.8) is 0 Å². The van der Waals surface area contributed by atoms with Gasteiger partial charge in [0, 0.05) is 32.1 Å². The molecule has 1 aliphatic rings. The number of ether oxygens (including phenoxy) is 1. The van der Waals surface area contributed by atoms with E-state index in [4.69, 9.17) is 16.3 Å². The van der Waals surface area contributed by atoms with E-state index in [0.717, 1.165) is 0 Å². The Balaban J connectivity index is 1.81. The number of carbonyl (C=O) groups is 1. The minimum atomic E-state index is -0.652. The van der Waals surface area contributed by atoms with E-state index in [1.54, 1.807) is 33.8 Å². The van der Waals surface area contributed by atoms with Crippen LogP contribution in [0.1, 0.15) is 17.4 Å². The van der Waals surface area contributed by atoms with Crippen LogP contribution in [0.25, 0.3) is 5.65 Å². The van der Waals surface area contributed by atoms with Crippen LogP contribution >= 0.6 is 11.6 Å². The number of likely N-dealkylation sites (tertiary alicyclic amines) is 1. The van der Waals surface area contributed by atoms with Gasteiger partial charge in [-0.1, -0.05) is 11.6 Å². The molecule has 21 heavy (non-hydrogen) atoms. The number of aliphatic hydroxyl groups excluding tert-OH is 1. The third-order valence-electron chi connectivity index (χ3n) is 3.54. The van der Waals surface area contributed by atoms with Crippen molar-refractivity contribution >= 4 is 23.2 Å². The molecule has 1 fully saturated rings. The summed E-state index contributed by atoms with van der Waals surface area (Å²) < 4.78 is 7.13. The number of aromatic nitrogens is 2. The molecule has 2 aromatic rings. The van der Waals surface area contributed by atoms with Crippen molar-refractivity contribution in [2.24, 2.45) is 0 Å². The molecular weight excluding hydrogens is 294 g/mol. The smallest absolute Gasteiger partial charge is 0.274 e. The Morgan fingerprint density at radius 1 is 1.48 bits per heavy atom. The molecule has 7 heteroatoms. The lowest BCUT2D eigenvalue weighted by atomic mass is 10.3. The van der Waals surface area contributed by atoms with Gasteiger partial charge in [-0.3, -0.25) is 4.79 Å². The van der Waals surface area contributed by atoms with Gasteiger partial charge >= 0.3 is 0 Å². The number of pyridine rings is 1. The van der Waals surface area contributed by atoms with Crippen molar-refractivity contribution in [3.05, 3.63) is 35.2 Å². The standard InChI is InChI=1S/C14H16ClN3O3/c1-2-21-12-8-18(7-11(12)19)14(20)10-6-17-5-9(15)3-4-13(17)16-10/h3-6,11-12,19H,2,7-8H2,1H3/t11-,12-/m1/s1. The summed E-state index contributed by atoms with van der Waals surface area (Å²) >= 11 is 5.91. The van der Waals surface area contributed by atoms with Gasteiger partial charge in [0.25, 0.3) is 5.91 Å². The lowest BCUT2D eigenvalue weighted by Gasteiger charge is -2.14. The van der Waals surface area contributed by atoms with Crippen LogP contribution in [0.3, 0.4) is 0 Å². The molecular formula is C14H16ClN3O3. The largest absolute Gasteiger partial charge is 0.388 e. The van der Waals surface area contributed by atoms with Crippen molar-refractivity contribution in [3.8, 4) is 0 Å². The number of β-amino-alcohol motifs (C(OH)–C–C–N with tert-alkyl or cyclic N) is 1. The van der Waals surface area contributed by atoms with Gasteiger partial charge < -0.3 is 19.1 Å². The molecule has 112 valence electrons. The summed E-state index contributed by atoms with van der Waals surface area (Å²) in [5, 5.41) is 10.5. The van der Waals surface area contributed by atoms with Crippen LogP contribution in [0.2, 0.25) is 5.02 Å². The number of amides is 1. The summed E-state index contributed by atoms with van der Waals surface area (Å²) in [4.78, 5) is 18.3. The van der Waals surface area contributed by atoms with Gasteiger partial charge in [-0.2, -0.15) is 0 Å². The Morgan fingerprint density at radius 3 is 3.05 bits per heavy atom. The Labute approximate surface area is 126 Å². The van der Waals surface area contributed by atoms with Gasteiger partial charge in [-0.05, 0) is 19.1 Å². The normalized spacial score (nSPS) is 22.1. The maximum absolute atomic E-state index is 12.4. The molecule has 1 saturated heterocycles. The van der Waals surface area contributed by atoms with Crippen molar-refractivity contribution in [1.29, 1.82) is 0 Å². The average Bonchev–Trinajstić information content (AvgIpc) is 3.02. The van der Waals surface area contributed by atoms with Crippen LogP contribution in [-0.2, 0) is 4.74 Å². The number of imidazole rings is 1. The third kappa shape index (κ3) is 2.74. The number of carbonyl (C=O) groups excluding carboxylic acids is 1. The zero-order valence-corrected chi connectivity index (χ0v) is 12.3. The van der Waals surface area contributed by atoms with Crippen molar-refractivity contribution < 1.29 is 14.6 Å². The molecule has 6 nitrogen and oxygen atoms in total. The second-order valence-electron chi connectivity index (χ2n) is 5.01. The quantitative estimate of drug-likeness (QED) is 0.925. The van der Waals surface area contributed by atoms with Crippen LogP contribution in [0.5, 0.6) is 0 Å². The Hall–Kier alpha value is -1.63. The highest BCUT2D eigenvalue weighted by atomic mass is 35.5. The van der Waals surface area contributed by atoms with Crippen LogP contribution in [0, 0.1) is 0 Å². The van der Waals surface area contributed by atoms with E-state index in [1.807, 2.05) is 6.92 Å². The molecule has 0 spiro atoms. The van der Waals surface area contributed by atoms with Gasteiger partial charge in [-0.25, -0.2) is 4.98 Å². The summed E-state index contributed by atoms with van der Waals surface area (Å²) in [6.07, 6.45) is 2.36. The first-order valence-corrected chi connectivity index (χ1v) is 7.19. The van der Waals surface area contributed by atoms with Gasteiger partial charge in [-0.15, -0.1) is 0 Å². The zero-order chi connectivity index (χ0) is 15.0. The van der Waals surface area contributed by atoms with Crippen LogP contribution < -0.4 is 0 Å². The van der Waals surface area contributed by atoms with Gasteiger partial charge in [0.15, 0.2) is 0 Å². The van der Waals surface area contributed by atoms with E-state index in [1.165, 1.54) is 0 Å². The van der Waals surface area contributed by atoms with Crippen molar-refractivity contribution in [2.45, 2.75) is 19.1 Å². The molecule has 0 aromatic carbocycles. The highest BCUT2D eigenvalue weighted by molar-refractivity contribution is 6.30. The van der Waals surface area contributed by atoms with Crippen molar-refractivity contribution in [2.75, 3.05) is 19.7 Å². The molecule has 0 bridgehead atoms. The van der Waals surface area contributed by atoms with Gasteiger partial charge in [0.2, 0.25) is 0 Å². The number of rotatable bonds is 3. The zero-order valence-electron chi connectivity index (χ0n) is 11.6. The molecule has 3 heterocycles. The monoisotopic (exact) mass is 309 g/mol. The third-order valence-corrected chi connectivity index (χ3v) is 3.76. The fraction of sp³-hybridized carbons (Fsp3) is 0.429. The number of hydrogen-bond acceptors (Lipinski definition) is 4. The van der Waals surface area contributed by atoms with E-state index in [9.17, 15) is 9.90 Å². The maximum atomic E-state index is 12.4. The molecule has 1 aliphatic heterocycles. The fourth-order valence-corrected chi connectivity index (χ4v) is 2.70. The van der Waals surface area contributed by atoms with Crippen LogP contribution in [0.4, 0.5) is 0 Å². The minimum absolute atomic E-state index is 0.212. The predicted molar refractivity (Wildman–Crippen MR) is 77.5 cm³/mol. The number of hydrogen-bond donors (Lipinski definition) is 1. The number of fused-ring (bicyclic) bond motifs is 1. The van der Waals surface area contributed by atoms with Gasteiger partial charge in [0.05, 0.1) is 11.1 Å². The number of halogens is 1. The summed E-state index contributed by atoms with van der Waals surface area (Å²) in [7, 11) is 0. The summed E-state index contributed by atoms with van der Waals surface area (Å²) in [6.45, 7) is 3.01. The molecule has 1 N–H and O–H groups in total. The average molecular weight is 310 g/mol. The van der Waals surface area contributed by atoms with E-state index in [2.05, 4.69) is 4.98 Å².